The Hall–Kier alpha value is -2.04. The third-order valence-electron chi connectivity index (χ3n) is 3.15. The zero-order valence-electron chi connectivity index (χ0n) is 13.0. The number of hydrazone groups is 1. The molecule has 4 nitrogen and oxygen atoms in total. The molecule has 24 heavy (non-hydrogen) atoms. The third kappa shape index (κ3) is 6.60. The van der Waals surface area contributed by atoms with Crippen LogP contribution in [0.5, 0.6) is 5.75 Å². The van der Waals surface area contributed by atoms with E-state index in [1.165, 1.54) is 0 Å². The summed E-state index contributed by atoms with van der Waals surface area (Å²) in [5, 5.41) is 4.94. The second kappa shape index (κ2) is 9.96. The summed E-state index contributed by atoms with van der Waals surface area (Å²) >= 11 is 11.8. The van der Waals surface area contributed by atoms with E-state index in [1.54, 1.807) is 24.4 Å². The Bertz CT molecular complexity index is 691. The standard InChI is InChI=1S/C18H18Cl2N2O2/c19-15-8-9-17(16(20)13-15)24-12-4-7-18(23)22-21-11-10-14-5-2-1-3-6-14/h1-3,5-6,8-9,11,13H,4,7,10,12H2,(H,22,23)/b21-11+. The van der Waals surface area contributed by atoms with E-state index in [0.717, 1.165) is 5.56 Å². The van der Waals surface area contributed by atoms with Gasteiger partial charge in [0.25, 0.3) is 0 Å². The first-order valence-corrected chi connectivity index (χ1v) is 8.33. The number of nitrogens with zero attached hydrogens (tertiary/aromatic N) is 1. The van der Waals surface area contributed by atoms with Crippen LogP contribution in [-0.4, -0.2) is 18.7 Å². The summed E-state index contributed by atoms with van der Waals surface area (Å²) in [4.78, 5) is 11.7. The minimum Gasteiger partial charge on any atom is -0.492 e. The molecule has 6 heteroatoms. The first-order chi connectivity index (χ1) is 11.6. The molecular weight excluding hydrogens is 347 g/mol. The van der Waals surface area contributed by atoms with Crippen molar-refractivity contribution in [3.63, 3.8) is 0 Å². The van der Waals surface area contributed by atoms with Crippen molar-refractivity contribution in [3.05, 3.63) is 64.1 Å². The Kier molecular flexibility index (Phi) is 7.59. The first kappa shape index (κ1) is 18.3. The maximum atomic E-state index is 11.7. The van der Waals surface area contributed by atoms with Crippen LogP contribution in [0, 0.1) is 0 Å². The van der Waals surface area contributed by atoms with Crippen molar-refractivity contribution < 1.29 is 9.53 Å². The number of carbonyl (C=O) groups excluding carboxylic acids is 1. The molecule has 2 rings (SSSR count). The molecule has 0 saturated carbocycles. The van der Waals surface area contributed by atoms with Gasteiger partial charge in [-0.1, -0.05) is 53.5 Å². The molecular formula is C18H18Cl2N2O2. The van der Waals surface area contributed by atoms with E-state index in [4.69, 9.17) is 27.9 Å². The number of carbonyl (C=O) groups is 1. The van der Waals surface area contributed by atoms with Gasteiger partial charge in [-0.15, -0.1) is 0 Å². The quantitative estimate of drug-likeness (QED) is 0.426. The minimum atomic E-state index is -0.148. The van der Waals surface area contributed by atoms with Crippen LogP contribution in [0.25, 0.3) is 0 Å². The Morgan fingerprint density at radius 3 is 2.71 bits per heavy atom. The molecule has 0 atom stereocenters. The summed E-state index contributed by atoms with van der Waals surface area (Å²) in [6, 6.07) is 14.9. The van der Waals surface area contributed by atoms with Crippen molar-refractivity contribution in [2.75, 3.05) is 6.61 Å². The molecule has 0 fully saturated rings. The smallest absolute Gasteiger partial charge is 0.240 e. The van der Waals surface area contributed by atoms with Gasteiger partial charge in [0.05, 0.1) is 11.6 Å². The van der Waals surface area contributed by atoms with Crippen molar-refractivity contribution in [2.45, 2.75) is 19.3 Å². The highest BCUT2D eigenvalue weighted by Gasteiger charge is 2.03. The van der Waals surface area contributed by atoms with Gasteiger partial charge in [-0.05, 0) is 30.2 Å². The lowest BCUT2D eigenvalue weighted by Gasteiger charge is -2.07. The van der Waals surface area contributed by atoms with Gasteiger partial charge < -0.3 is 4.74 Å². The number of amides is 1. The lowest BCUT2D eigenvalue weighted by molar-refractivity contribution is -0.121. The van der Waals surface area contributed by atoms with E-state index in [-0.39, 0.29) is 5.91 Å². The number of ether oxygens (including phenoxy) is 1. The Morgan fingerprint density at radius 2 is 1.96 bits per heavy atom. The van der Waals surface area contributed by atoms with Gasteiger partial charge in [0.1, 0.15) is 5.75 Å². The number of nitrogens with one attached hydrogen (secondary N) is 1. The van der Waals surface area contributed by atoms with E-state index in [9.17, 15) is 4.79 Å². The lowest BCUT2D eigenvalue weighted by Crippen LogP contribution is -2.18. The molecule has 0 heterocycles. The number of hydrogen-bond donors (Lipinski definition) is 1. The van der Waals surface area contributed by atoms with Gasteiger partial charge in [-0.3, -0.25) is 4.79 Å². The van der Waals surface area contributed by atoms with Gasteiger partial charge in [-0.2, -0.15) is 5.10 Å². The molecule has 0 aliphatic rings. The van der Waals surface area contributed by atoms with E-state index < -0.39 is 0 Å². The molecule has 0 radical (unpaired) electrons. The molecule has 1 N–H and O–H groups in total. The van der Waals surface area contributed by atoms with Gasteiger partial charge in [0.15, 0.2) is 0 Å². The molecule has 0 spiro atoms. The summed E-state index contributed by atoms with van der Waals surface area (Å²) in [5.74, 6) is 0.410. The average Bonchev–Trinajstić information content (AvgIpc) is 2.58. The zero-order chi connectivity index (χ0) is 17.2. The lowest BCUT2D eigenvalue weighted by atomic mass is 10.2. The molecule has 0 unspecified atom stereocenters. The molecule has 0 aliphatic heterocycles. The predicted molar refractivity (Wildman–Crippen MR) is 98.0 cm³/mol. The van der Waals surface area contributed by atoms with Gasteiger partial charge in [0, 0.05) is 24.1 Å². The molecule has 2 aromatic carbocycles. The molecule has 0 saturated heterocycles. The SMILES string of the molecule is O=C(CCCOc1ccc(Cl)cc1Cl)N/N=C/Cc1ccccc1. The summed E-state index contributed by atoms with van der Waals surface area (Å²) in [7, 11) is 0. The molecule has 0 aliphatic carbocycles. The van der Waals surface area contributed by atoms with Crippen LogP contribution in [0.2, 0.25) is 10.0 Å². The van der Waals surface area contributed by atoms with E-state index in [0.29, 0.717) is 41.7 Å². The number of halogens is 2. The number of benzene rings is 2. The van der Waals surface area contributed by atoms with Crippen LogP contribution < -0.4 is 10.2 Å². The van der Waals surface area contributed by atoms with Crippen molar-refractivity contribution in [1.29, 1.82) is 0 Å². The Labute approximate surface area is 151 Å². The topological polar surface area (TPSA) is 50.7 Å². The molecule has 1 amide bonds. The molecule has 2 aromatic rings. The molecule has 126 valence electrons. The minimum absolute atomic E-state index is 0.148. The number of rotatable bonds is 8. The summed E-state index contributed by atoms with van der Waals surface area (Å²) in [6.07, 6.45) is 3.25. The molecule has 0 aromatic heterocycles. The summed E-state index contributed by atoms with van der Waals surface area (Å²) in [6.45, 7) is 0.391. The fourth-order valence-corrected chi connectivity index (χ4v) is 2.41. The van der Waals surface area contributed by atoms with Gasteiger partial charge >= 0.3 is 0 Å². The van der Waals surface area contributed by atoms with Crippen LogP contribution in [0.4, 0.5) is 0 Å². The van der Waals surface area contributed by atoms with Crippen molar-refractivity contribution >= 4 is 35.3 Å². The van der Waals surface area contributed by atoms with Crippen molar-refractivity contribution in [2.24, 2.45) is 5.10 Å². The zero-order valence-corrected chi connectivity index (χ0v) is 14.6. The fourth-order valence-electron chi connectivity index (χ4n) is 1.95. The highest BCUT2D eigenvalue weighted by Crippen LogP contribution is 2.27. The van der Waals surface area contributed by atoms with E-state index >= 15 is 0 Å². The molecule has 0 bridgehead atoms. The van der Waals surface area contributed by atoms with Gasteiger partial charge in [-0.25, -0.2) is 5.43 Å². The van der Waals surface area contributed by atoms with E-state index in [1.807, 2.05) is 30.3 Å². The fraction of sp³-hybridized carbons (Fsp3) is 0.222. The maximum Gasteiger partial charge on any atom is 0.240 e. The van der Waals surface area contributed by atoms with Crippen LogP contribution in [0.15, 0.2) is 53.6 Å². The largest absolute Gasteiger partial charge is 0.492 e. The first-order valence-electron chi connectivity index (χ1n) is 7.57. The highest BCUT2D eigenvalue weighted by atomic mass is 35.5. The second-order valence-electron chi connectivity index (χ2n) is 5.06. The van der Waals surface area contributed by atoms with Crippen LogP contribution in [0.3, 0.4) is 0 Å². The summed E-state index contributed by atoms with van der Waals surface area (Å²) < 4.78 is 5.52. The number of hydrogen-bond acceptors (Lipinski definition) is 3. The van der Waals surface area contributed by atoms with Crippen molar-refractivity contribution in [1.82, 2.24) is 5.43 Å². The second-order valence-corrected chi connectivity index (χ2v) is 5.91. The Morgan fingerprint density at radius 1 is 1.17 bits per heavy atom. The average molecular weight is 365 g/mol. The van der Waals surface area contributed by atoms with E-state index in [2.05, 4.69) is 10.5 Å². The van der Waals surface area contributed by atoms with Crippen LogP contribution in [-0.2, 0) is 11.2 Å². The van der Waals surface area contributed by atoms with Crippen LogP contribution in [0.1, 0.15) is 18.4 Å². The monoisotopic (exact) mass is 364 g/mol. The summed E-state index contributed by atoms with van der Waals surface area (Å²) in [5.41, 5.74) is 3.64. The van der Waals surface area contributed by atoms with Crippen LogP contribution >= 0.6 is 23.2 Å². The maximum absolute atomic E-state index is 11.7. The highest BCUT2D eigenvalue weighted by molar-refractivity contribution is 6.35. The van der Waals surface area contributed by atoms with Crippen molar-refractivity contribution in [3.8, 4) is 5.75 Å². The Balaban J connectivity index is 1.61. The van der Waals surface area contributed by atoms with Gasteiger partial charge in [0.2, 0.25) is 5.91 Å². The normalized spacial score (nSPS) is 10.8. The predicted octanol–water partition coefficient (Wildman–Crippen LogP) is 4.50. The third-order valence-corrected chi connectivity index (χ3v) is 3.68.